The predicted molar refractivity (Wildman–Crippen MR) is 110 cm³/mol. The van der Waals surface area contributed by atoms with Crippen LogP contribution in [0.4, 0.5) is 23.0 Å². The first-order valence-electron chi connectivity index (χ1n) is 9.23. The van der Waals surface area contributed by atoms with E-state index < -0.39 is 0 Å². The molecule has 0 atom stereocenters. The van der Waals surface area contributed by atoms with E-state index in [0.29, 0.717) is 30.4 Å². The second-order valence-corrected chi connectivity index (χ2v) is 6.01. The van der Waals surface area contributed by atoms with Crippen LogP contribution in [0, 0.1) is 0 Å². The number of nitrogens with zero attached hydrogens (tertiary/aromatic N) is 4. The van der Waals surface area contributed by atoms with E-state index in [1.165, 1.54) is 0 Å². The van der Waals surface area contributed by atoms with Crippen molar-refractivity contribution in [2.24, 2.45) is 0 Å². The van der Waals surface area contributed by atoms with Crippen molar-refractivity contribution in [2.75, 3.05) is 29.6 Å². The van der Waals surface area contributed by atoms with Crippen molar-refractivity contribution in [3.63, 3.8) is 0 Å². The van der Waals surface area contributed by atoms with Crippen molar-refractivity contribution in [3.8, 4) is 0 Å². The van der Waals surface area contributed by atoms with Crippen LogP contribution in [0.25, 0.3) is 0 Å². The van der Waals surface area contributed by atoms with E-state index in [4.69, 9.17) is 17.2 Å². The van der Waals surface area contributed by atoms with Gasteiger partial charge in [0.15, 0.2) is 0 Å². The summed E-state index contributed by atoms with van der Waals surface area (Å²) >= 11 is 0. The first-order valence-corrected chi connectivity index (χ1v) is 9.23. The number of anilines is 4. The average Bonchev–Trinajstić information content (AvgIpc) is 3.10. The van der Waals surface area contributed by atoms with E-state index >= 15 is 0 Å². The van der Waals surface area contributed by atoms with E-state index in [-0.39, 0.29) is 16.8 Å². The van der Waals surface area contributed by atoms with Crippen LogP contribution in [0.5, 0.6) is 0 Å². The summed E-state index contributed by atoms with van der Waals surface area (Å²) in [5, 5.41) is 2.81. The molecule has 2 aliphatic heterocycles. The molecule has 150 valence electrons. The molecular formula is C17H30N8O2. The fourth-order valence-corrected chi connectivity index (χ4v) is 3.18. The van der Waals surface area contributed by atoms with E-state index in [0.717, 1.165) is 25.9 Å². The molecule has 0 saturated heterocycles. The lowest BCUT2D eigenvalue weighted by atomic mass is 10.3. The molecule has 0 fully saturated rings. The molecule has 0 bridgehead atoms. The second kappa shape index (κ2) is 8.56. The molecule has 2 aromatic rings. The van der Waals surface area contributed by atoms with Gasteiger partial charge in [-0.3, -0.25) is 19.0 Å². The normalized spacial score (nSPS) is 14.2. The highest BCUT2D eigenvalue weighted by Crippen LogP contribution is 2.16. The Morgan fingerprint density at radius 3 is 1.89 bits per heavy atom. The monoisotopic (exact) mass is 378 g/mol. The number of allylic oxidation sites excluding steroid dienone is 2. The van der Waals surface area contributed by atoms with Gasteiger partial charge in [0, 0.05) is 20.1 Å². The van der Waals surface area contributed by atoms with Gasteiger partial charge in [0.2, 0.25) is 0 Å². The van der Waals surface area contributed by atoms with Gasteiger partial charge in [-0.1, -0.05) is 26.0 Å². The van der Waals surface area contributed by atoms with Crippen LogP contribution in [0.2, 0.25) is 0 Å². The number of nitrogen functional groups attached to an aromatic ring is 3. The fourth-order valence-electron chi connectivity index (χ4n) is 3.18. The lowest BCUT2D eigenvalue weighted by molar-refractivity contribution is 0.360. The zero-order valence-electron chi connectivity index (χ0n) is 16.2. The summed E-state index contributed by atoms with van der Waals surface area (Å²) in [6.07, 6.45) is 6.05. The van der Waals surface area contributed by atoms with E-state index in [9.17, 15) is 9.59 Å². The van der Waals surface area contributed by atoms with Gasteiger partial charge in [0.05, 0.1) is 13.1 Å². The van der Waals surface area contributed by atoms with Crippen LogP contribution < -0.4 is 33.6 Å². The van der Waals surface area contributed by atoms with E-state index in [1.54, 1.807) is 25.8 Å². The molecule has 0 radical (unpaired) electrons. The topological polar surface area (TPSA) is 144 Å². The summed E-state index contributed by atoms with van der Waals surface area (Å²) in [7, 11) is 1.70. The first-order chi connectivity index (χ1) is 13.0. The molecule has 2 aliphatic rings. The van der Waals surface area contributed by atoms with E-state index in [2.05, 4.69) is 5.32 Å². The lowest BCUT2D eigenvalue weighted by Crippen LogP contribution is -2.27. The SMILES string of the molecule is CC.CNc1c(N)n2n(c1=O)CC=CC2.Nc1c(N)n2n(c1=O)CCCC2. The third kappa shape index (κ3) is 3.60. The van der Waals surface area contributed by atoms with Gasteiger partial charge in [-0.25, -0.2) is 9.36 Å². The van der Waals surface area contributed by atoms with Gasteiger partial charge in [-0.2, -0.15) is 0 Å². The molecule has 0 aromatic carbocycles. The molecular weight excluding hydrogens is 348 g/mol. The number of aromatic nitrogens is 4. The molecule has 4 heterocycles. The highest BCUT2D eigenvalue weighted by molar-refractivity contribution is 5.61. The smallest absolute Gasteiger partial charge is 0.292 e. The maximum absolute atomic E-state index is 11.6. The molecule has 0 spiro atoms. The Balaban J connectivity index is 0.000000178. The molecule has 4 rings (SSSR count). The van der Waals surface area contributed by atoms with Crippen LogP contribution in [-0.2, 0) is 26.2 Å². The van der Waals surface area contributed by atoms with Crippen LogP contribution in [0.3, 0.4) is 0 Å². The lowest BCUT2D eigenvalue weighted by Gasteiger charge is -2.17. The summed E-state index contributed by atoms with van der Waals surface area (Å²) in [6.45, 7) is 6.81. The Morgan fingerprint density at radius 2 is 1.37 bits per heavy atom. The number of fused-ring (bicyclic) bond motifs is 2. The molecule has 10 nitrogen and oxygen atoms in total. The van der Waals surface area contributed by atoms with Crippen molar-refractivity contribution in [1.29, 1.82) is 0 Å². The van der Waals surface area contributed by atoms with Gasteiger partial charge in [-0.15, -0.1) is 0 Å². The first kappa shape index (κ1) is 20.3. The minimum absolute atomic E-state index is 0.0515. The minimum Gasteiger partial charge on any atom is -0.391 e. The minimum atomic E-state index is -0.146. The highest BCUT2D eigenvalue weighted by Gasteiger charge is 2.17. The summed E-state index contributed by atoms with van der Waals surface area (Å²) in [4.78, 5) is 23.0. The summed E-state index contributed by atoms with van der Waals surface area (Å²) in [5.74, 6) is 0.927. The summed E-state index contributed by atoms with van der Waals surface area (Å²) in [5.41, 5.74) is 17.4. The van der Waals surface area contributed by atoms with Crippen molar-refractivity contribution in [3.05, 3.63) is 32.9 Å². The summed E-state index contributed by atoms with van der Waals surface area (Å²) in [6, 6.07) is 0. The maximum atomic E-state index is 11.6. The standard InChI is InChI=1S/C8H12N4O.C7H12N4O.C2H6/c1-10-6-7(9)11-4-2-3-5-12(11)8(6)13;8-5-6(9)10-3-1-2-4-11(10)7(5)12;1-2/h2-3,10H,4-5,9H2,1H3;1-4,8-9H2;1-2H3. The van der Waals surface area contributed by atoms with Crippen LogP contribution in [0.15, 0.2) is 21.7 Å². The summed E-state index contributed by atoms with van der Waals surface area (Å²) < 4.78 is 6.78. The third-order valence-corrected chi connectivity index (χ3v) is 4.55. The molecule has 0 amide bonds. The van der Waals surface area contributed by atoms with Gasteiger partial charge in [-0.05, 0) is 12.8 Å². The number of hydrogen-bond donors (Lipinski definition) is 4. The molecule has 0 unspecified atom stereocenters. The average molecular weight is 378 g/mol. The van der Waals surface area contributed by atoms with Crippen molar-refractivity contribution in [1.82, 2.24) is 18.7 Å². The number of hydrogen-bond acceptors (Lipinski definition) is 6. The largest absolute Gasteiger partial charge is 0.391 e. The van der Waals surface area contributed by atoms with Gasteiger partial charge >= 0.3 is 0 Å². The van der Waals surface area contributed by atoms with Crippen molar-refractivity contribution in [2.45, 2.75) is 52.9 Å². The highest BCUT2D eigenvalue weighted by atomic mass is 16.1. The molecule has 0 saturated carbocycles. The van der Waals surface area contributed by atoms with Gasteiger partial charge in [0.1, 0.15) is 23.0 Å². The Labute approximate surface area is 157 Å². The Morgan fingerprint density at radius 1 is 0.815 bits per heavy atom. The number of nitrogens with two attached hydrogens (primary N) is 3. The zero-order valence-corrected chi connectivity index (χ0v) is 16.2. The molecule has 10 heteroatoms. The third-order valence-electron chi connectivity index (χ3n) is 4.55. The van der Waals surface area contributed by atoms with E-state index in [1.807, 2.05) is 26.0 Å². The maximum Gasteiger partial charge on any atom is 0.292 e. The van der Waals surface area contributed by atoms with Gasteiger partial charge in [0.25, 0.3) is 11.1 Å². The number of rotatable bonds is 1. The number of nitrogens with one attached hydrogen (secondary N) is 1. The van der Waals surface area contributed by atoms with Crippen molar-refractivity contribution < 1.29 is 0 Å². The molecule has 2 aromatic heterocycles. The van der Waals surface area contributed by atoms with Crippen molar-refractivity contribution >= 4 is 23.0 Å². The van der Waals surface area contributed by atoms with Crippen LogP contribution in [-0.4, -0.2) is 25.8 Å². The Hall–Kier alpha value is -3.04. The molecule has 7 N–H and O–H groups in total. The zero-order chi connectivity index (χ0) is 20.1. The fraction of sp³-hybridized carbons (Fsp3) is 0.529. The van der Waals surface area contributed by atoms with Crippen LogP contribution in [0.1, 0.15) is 26.7 Å². The van der Waals surface area contributed by atoms with Gasteiger partial charge < -0.3 is 22.5 Å². The predicted octanol–water partition coefficient (Wildman–Crippen LogP) is 0.478. The molecule has 0 aliphatic carbocycles. The van der Waals surface area contributed by atoms with Crippen LogP contribution >= 0.6 is 0 Å². The Bertz CT molecular complexity index is 928. The Kier molecular flexibility index (Phi) is 6.43. The molecule has 27 heavy (non-hydrogen) atoms. The quantitative estimate of drug-likeness (QED) is 0.531. The second-order valence-electron chi connectivity index (χ2n) is 6.01.